The van der Waals surface area contributed by atoms with Crippen LogP contribution in [0, 0.1) is 0 Å². The second kappa shape index (κ2) is 8.00. The van der Waals surface area contributed by atoms with Crippen molar-refractivity contribution in [3.8, 4) is 0 Å². The van der Waals surface area contributed by atoms with Gasteiger partial charge in [0.1, 0.15) is 5.82 Å². The predicted molar refractivity (Wildman–Crippen MR) is 118 cm³/mol. The molecule has 6 heterocycles. The van der Waals surface area contributed by atoms with E-state index in [4.69, 9.17) is 21.4 Å². The maximum Gasteiger partial charge on any atom is 0.226 e. The second-order valence-electron chi connectivity index (χ2n) is 8.87. The molecule has 2 bridgehead atoms. The molecule has 0 amide bonds. The molecule has 6 rings (SSSR count). The Morgan fingerprint density at radius 3 is 2.58 bits per heavy atom. The molecule has 3 aromatic rings. The van der Waals surface area contributed by atoms with Crippen molar-refractivity contribution in [1.29, 1.82) is 0 Å². The maximum absolute atomic E-state index is 6.38. The first-order valence-corrected chi connectivity index (χ1v) is 11.5. The van der Waals surface area contributed by atoms with E-state index in [1.807, 2.05) is 24.7 Å². The highest BCUT2D eigenvalue weighted by molar-refractivity contribution is 6.28. The number of likely N-dealkylation sites (tertiary alicyclic amines) is 1. The average Bonchev–Trinajstić information content (AvgIpc) is 3.36. The minimum Gasteiger partial charge on any atom is -0.371 e. The molecular formula is C22H26ClN7O. The summed E-state index contributed by atoms with van der Waals surface area (Å²) in [5.41, 5.74) is 2.11. The summed E-state index contributed by atoms with van der Waals surface area (Å²) in [7, 11) is 0. The Bertz CT molecular complexity index is 1050. The highest BCUT2D eigenvalue weighted by Crippen LogP contribution is 2.34. The molecule has 162 valence electrons. The summed E-state index contributed by atoms with van der Waals surface area (Å²) in [4.78, 5) is 18.2. The molecule has 8 nitrogen and oxygen atoms in total. The normalized spacial score (nSPS) is 24.9. The molecule has 2 atom stereocenters. The number of anilines is 1. The summed E-state index contributed by atoms with van der Waals surface area (Å²) >= 11 is 6.38. The van der Waals surface area contributed by atoms with E-state index in [2.05, 4.69) is 35.5 Å². The summed E-state index contributed by atoms with van der Waals surface area (Å²) in [6.45, 7) is 4.71. The zero-order valence-corrected chi connectivity index (χ0v) is 18.2. The smallest absolute Gasteiger partial charge is 0.226 e. The Morgan fingerprint density at radius 1 is 1.03 bits per heavy atom. The molecule has 31 heavy (non-hydrogen) atoms. The maximum atomic E-state index is 6.38. The van der Waals surface area contributed by atoms with Crippen molar-refractivity contribution in [2.45, 2.75) is 50.5 Å². The fourth-order valence-corrected chi connectivity index (χ4v) is 5.41. The van der Waals surface area contributed by atoms with E-state index in [1.165, 1.54) is 5.56 Å². The van der Waals surface area contributed by atoms with Gasteiger partial charge in [-0.2, -0.15) is 15.1 Å². The van der Waals surface area contributed by atoms with Crippen molar-refractivity contribution < 1.29 is 4.74 Å². The number of nitrogens with zero attached hydrogens (tertiary/aromatic N) is 7. The van der Waals surface area contributed by atoms with Gasteiger partial charge in [-0.3, -0.25) is 9.88 Å². The Hall–Kier alpha value is -2.29. The molecule has 2 unspecified atom stereocenters. The molecule has 0 aliphatic carbocycles. The Balaban J connectivity index is 1.22. The van der Waals surface area contributed by atoms with E-state index >= 15 is 0 Å². The molecule has 3 aromatic heterocycles. The van der Waals surface area contributed by atoms with Crippen molar-refractivity contribution >= 4 is 28.5 Å². The molecule has 0 saturated carbocycles. The lowest BCUT2D eigenvalue weighted by molar-refractivity contribution is 0.0303. The van der Waals surface area contributed by atoms with Crippen LogP contribution in [0.1, 0.15) is 37.3 Å². The first-order chi connectivity index (χ1) is 15.2. The molecule has 0 N–H and O–H groups in total. The molecule has 0 radical (unpaired) electrons. The van der Waals surface area contributed by atoms with Gasteiger partial charge in [0.2, 0.25) is 5.28 Å². The summed E-state index contributed by atoms with van der Waals surface area (Å²) in [5.74, 6) is 0.899. The van der Waals surface area contributed by atoms with Crippen LogP contribution in [0.2, 0.25) is 5.28 Å². The lowest BCUT2D eigenvalue weighted by Crippen LogP contribution is -2.43. The van der Waals surface area contributed by atoms with Crippen LogP contribution in [0.4, 0.5) is 5.82 Å². The van der Waals surface area contributed by atoms with Gasteiger partial charge in [-0.05, 0) is 48.9 Å². The monoisotopic (exact) mass is 439 g/mol. The van der Waals surface area contributed by atoms with Gasteiger partial charge in [0.05, 0.1) is 29.8 Å². The zero-order chi connectivity index (χ0) is 20.8. The van der Waals surface area contributed by atoms with Crippen LogP contribution in [-0.4, -0.2) is 68.0 Å². The number of halogens is 1. The van der Waals surface area contributed by atoms with Crippen molar-refractivity contribution in [1.82, 2.24) is 29.6 Å². The van der Waals surface area contributed by atoms with Crippen LogP contribution in [-0.2, 0) is 11.3 Å². The minimum atomic E-state index is 0.289. The number of ether oxygens (including phenoxy) is 1. The van der Waals surface area contributed by atoms with Crippen LogP contribution in [0.25, 0.3) is 11.0 Å². The molecular weight excluding hydrogens is 414 g/mol. The number of piperidine rings is 1. The number of hydrogen-bond donors (Lipinski definition) is 0. The number of fused-ring (bicyclic) bond motifs is 3. The summed E-state index contributed by atoms with van der Waals surface area (Å²) in [6.07, 6.45) is 10.6. The van der Waals surface area contributed by atoms with Crippen molar-refractivity contribution in [2.24, 2.45) is 0 Å². The molecule has 3 aliphatic heterocycles. The number of pyridine rings is 1. The van der Waals surface area contributed by atoms with E-state index in [0.29, 0.717) is 18.2 Å². The fourth-order valence-electron chi connectivity index (χ4n) is 5.25. The summed E-state index contributed by atoms with van der Waals surface area (Å²) in [6, 6.07) is 4.46. The van der Waals surface area contributed by atoms with Crippen LogP contribution >= 0.6 is 11.6 Å². The van der Waals surface area contributed by atoms with Gasteiger partial charge in [-0.25, -0.2) is 4.68 Å². The van der Waals surface area contributed by atoms with Gasteiger partial charge >= 0.3 is 0 Å². The van der Waals surface area contributed by atoms with Gasteiger partial charge in [-0.15, -0.1) is 0 Å². The molecule has 3 saturated heterocycles. The fraction of sp³-hybridized carbons (Fsp3) is 0.545. The SMILES string of the molecule is Clc1nc(N2CC3CCC(C2)O3)c2cnn(C3CCN(Cc4cccnc4)CC3)c2n1. The van der Waals surface area contributed by atoms with Crippen LogP contribution in [0.5, 0.6) is 0 Å². The lowest BCUT2D eigenvalue weighted by atomic mass is 10.0. The number of aromatic nitrogens is 5. The Morgan fingerprint density at radius 2 is 1.84 bits per heavy atom. The van der Waals surface area contributed by atoms with Crippen molar-refractivity contribution in [2.75, 3.05) is 31.1 Å². The third kappa shape index (κ3) is 3.77. The lowest BCUT2D eigenvalue weighted by Gasteiger charge is -2.33. The largest absolute Gasteiger partial charge is 0.371 e. The summed E-state index contributed by atoms with van der Waals surface area (Å²) < 4.78 is 8.07. The van der Waals surface area contributed by atoms with E-state index in [1.54, 1.807) is 0 Å². The van der Waals surface area contributed by atoms with E-state index in [9.17, 15) is 0 Å². The highest BCUT2D eigenvalue weighted by Gasteiger charge is 2.35. The van der Waals surface area contributed by atoms with Gasteiger partial charge in [0, 0.05) is 45.1 Å². The van der Waals surface area contributed by atoms with Crippen molar-refractivity contribution in [3.63, 3.8) is 0 Å². The second-order valence-corrected chi connectivity index (χ2v) is 9.21. The molecule has 0 spiro atoms. The number of rotatable bonds is 4. The Labute approximate surface area is 186 Å². The van der Waals surface area contributed by atoms with Crippen molar-refractivity contribution in [3.05, 3.63) is 41.6 Å². The van der Waals surface area contributed by atoms with E-state index in [-0.39, 0.29) is 5.28 Å². The van der Waals surface area contributed by atoms with Gasteiger partial charge in [-0.1, -0.05) is 6.07 Å². The summed E-state index contributed by atoms with van der Waals surface area (Å²) in [5, 5.41) is 6.03. The van der Waals surface area contributed by atoms with Crippen LogP contribution in [0.15, 0.2) is 30.7 Å². The molecule has 3 aliphatic rings. The Kier molecular flexibility index (Phi) is 5.01. The van der Waals surface area contributed by atoms with Gasteiger partial charge < -0.3 is 9.64 Å². The number of morpholine rings is 1. The topological polar surface area (TPSA) is 72.2 Å². The van der Waals surface area contributed by atoms with Crippen LogP contribution in [0.3, 0.4) is 0 Å². The number of hydrogen-bond acceptors (Lipinski definition) is 7. The molecule has 9 heteroatoms. The minimum absolute atomic E-state index is 0.289. The third-order valence-electron chi connectivity index (χ3n) is 6.78. The molecule has 0 aromatic carbocycles. The quantitative estimate of drug-likeness (QED) is 0.578. The van der Waals surface area contributed by atoms with Crippen LogP contribution < -0.4 is 4.90 Å². The van der Waals surface area contributed by atoms with Gasteiger partial charge in [0.25, 0.3) is 0 Å². The van der Waals surface area contributed by atoms with E-state index < -0.39 is 0 Å². The third-order valence-corrected chi connectivity index (χ3v) is 6.95. The zero-order valence-electron chi connectivity index (χ0n) is 17.4. The van der Waals surface area contributed by atoms with E-state index in [0.717, 1.165) is 75.3 Å². The first-order valence-electron chi connectivity index (χ1n) is 11.2. The van der Waals surface area contributed by atoms with Gasteiger partial charge in [0.15, 0.2) is 5.65 Å². The average molecular weight is 440 g/mol. The predicted octanol–water partition coefficient (Wildman–Crippen LogP) is 3.08. The first kappa shape index (κ1) is 19.4. The molecule has 3 fully saturated rings. The standard InChI is InChI=1S/C22H26ClN7O/c23-22-26-20(29-13-17-3-4-18(14-29)31-17)19-11-25-30(21(19)27-22)16-5-8-28(9-6-16)12-15-2-1-7-24-10-15/h1-2,7,10-11,16-18H,3-6,8-9,12-14H2. The highest BCUT2D eigenvalue weighted by atomic mass is 35.5.